The number of nitrogens with one attached hydrogen (secondary N) is 2. The van der Waals surface area contributed by atoms with Crippen LogP contribution in [0.3, 0.4) is 0 Å². The minimum atomic E-state index is -5.16. The fraction of sp³-hybridized carbons (Fsp3) is 0. The smallest absolute Gasteiger partial charge is 0.296 e. The third kappa shape index (κ3) is 8.65. The zero-order chi connectivity index (χ0) is 40.6. The number of hydrogen-bond acceptors (Lipinski definition) is 16. The Morgan fingerprint density at radius 3 is 1.73 bits per heavy atom. The van der Waals surface area contributed by atoms with Crippen LogP contribution in [-0.4, -0.2) is 61.9 Å². The summed E-state index contributed by atoms with van der Waals surface area (Å²) in [5, 5.41) is 16.0. The van der Waals surface area contributed by atoms with Gasteiger partial charge in [0.15, 0.2) is 11.5 Å². The van der Waals surface area contributed by atoms with E-state index in [-0.39, 0.29) is 50.9 Å². The molecule has 56 heavy (non-hydrogen) atoms. The van der Waals surface area contributed by atoms with Crippen LogP contribution in [0, 0.1) is 0 Å². The number of carbonyl (C=O) groups is 2. The van der Waals surface area contributed by atoms with Crippen molar-refractivity contribution in [2.75, 3.05) is 22.3 Å². The van der Waals surface area contributed by atoms with Gasteiger partial charge in [-0.05, 0) is 90.5 Å². The number of rotatable bonds is 10. The van der Waals surface area contributed by atoms with Crippen molar-refractivity contribution in [2.24, 2.45) is 20.4 Å². The first-order chi connectivity index (χ1) is 26.3. The lowest BCUT2D eigenvalue weighted by Crippen LogP contribution is -2.27. The van der Waals surface area contributed by atoms with Gasteiger partial charge in [-0.2, -0.15) is 40.6 Å². The number of ketones is 2. The number of azo groups is 1. The van der Waals surface area contributed by atoms with E-state index in [2.05, 4.69) is 31.3 Å². The van der Waals surface area contributed by atoms with Crippen LogP contribution in [0.1, 0.15) is 15.9 Å². The summed E-state index contributed by atoms with van der Waals surface area (Å²) in [6.45, 7) is 0. The van der Waals surface area contributed by atoms with E-state index in [1.165, 1.54) is 60.7 Å². The Morgan fingerprint density at radius 2 is 1.18 bits per heavy atom. The normalized spacial score (nSPS) is 15.2. The van der Waals surface area contributed by atoms with Crippen LogP contribution in [0.2, 0.25) is 0 Å². The average Bonchev–Trinajstić information content (AvgIpc) is 3.12. The predicted molar refractivity (Wildman–Crippen MR) is 207 cm³/mol. The predicted octanol–water partition coefficient (Wildman–Crippen LogP) is 4.78. The molecular weight excluding hydrogens is 793 g/mol. The lowest BCUT2D eigenvalue weighted by Gasteiger charge is -2.17. The van der Waals surface area contributed by atoms with Crippen LogP contribution < -0.4 is 22.3 Å². The van der Waals surface area contributed by atoms with Gasteiger partial charge in [-0.25, -0.2) is 0 Å². The molecule has 19 nitrogen and oxygen atoms in total. The molecule has 9 N–H and O–H groups in total. The second-order valence-electron chi connectivity index (χ2n) is 11.8. The summed E-state index contributed by atoms with van der Waals surface area (Å²) in [6.07, 6.45) is 6.25. The number of hydrazone groups is 2. The van der Waals surface area contributed by atoms with Gasteiger partial charge in [-0.15, -0.1) is 5.11 Å². The van der Waals surface area contributed by atoms with E-state index < -0.39 is 62.1 Å². The van der Waals surface area contributed by atoms with Crippen LogP contribution >= 0.6 is 0 Å². The van der Waals surface area contributed by atoms with E-state index in [0.717, 1.165) is 36.4 Å². The second kappa shape index (κ2) is 14.9. The molecule has 0 amide bonds. The van der Waals surface area contributed by atoms with Crippen molar-refractivity contribution in [2.45, 2.75) is 9.79 Å². The monoisotopic (exact) mass is 818 g/mol. The number of Topliss-reactive ketones (excluding diaryl/α,β-unsaturated/α-hetero) is 1. The van der Waals surface area contributed by atoms with Crippen LogP contribution in [0.25, 0.3) is 17.2 Å². The summed E-state index contributed by atoms with van der Waals surface area (Å²) in [5.41, 5.74) is 16.0. The molecule has 0 aromatic heterocycles. The summed E-state index contributed by atoms with van der Waals surface area (Å²) in [4.78, 5) is 22.4. The number of nitrogens with two attached hydrogens (primary N) is 2. The Morgan fingerprint density at radius 1 is 0.589 bits per heavy atom. The highest BCUT2D eigenvalue weighted by atomic mass is 32.2. The molecule has 0 spiro atoms. The van der Waals surface area contributed by atoms with Gasteiger partial charge >= 0.3 is 0 Å². The van der Waals surface area contributed by atoms with Crippen molar-refractivity contribution in [1.82, 2.24) is 0 Å². The maximum absolute atomic E-state index is 13.6. The highest BCUT2D eigenvalue weighted by Crippen LogP contribution is 2.36. The molecule has 286 valence electrons. The SMILES string of the molecule is Nc1ccc(N=Nc2ccc3c(c2)C(=O)C(=NNc2ccc(-c4ccc(NN=C5C=CC(=O)C=C5)cc4S(=O)(=O)O)c(S(=O)(=O)O)c2)C(S(=O)(=O)O)=C3)c(N)c1. The van der Waals surface area contributed by atoms with E-state index >= 15 is 0 Å². The average molecular weight is 819 g/mol. The van der Waals surface area contributed by atoms with Crippen LogP contribution in [0.4, 0.5) is 34.1 Å². The number of anilines is 4. The molecule has 6 rings (SSSR count). The minimum absolute atomic E-state index is 0.0261. The maximum atomic E-state index is 13.6. The standard InChI is InChI=1S/C34H26N8O11S3/c35-19-2-12-29(28(36)14-19)41-39-21-3-1-18-13-32(56(51,52)53)33(34(44)27(18)15-21)42-40-23-7-11-26(31(17-23)55(48,49)50)25-10-6-22(16-30(25)54(45,46)47)38-37-20-4-8-24(43)9-5-20/h1-17,38,40H,35-36H2,(H,45,46,47)(H,48,49,50)(H,51,52,53). The molecule has 2 aliphatic rings. The molecule has 0 heterocycles. The van der Waals surface area contributed by atoms with Crippen LogP contribution in [-0.2, 0) is 35.1 Å². The van der Waals surface area contributed by atoms with Crippen molar-refractivity contribution in [3.05, 3.63) is 113 Å². The van der Waals surface area contributed by atoms with Gasteiger partial charge in [-0.1, -0.05) is 18.2 Å². The summed E-state index contributed by atoms with van der Waals surface area (Å²) < 4.78 is 105. The van der Waals surface area contributed by atoms with Crippen molar-refractivity contribution in [1.29, 1.82) is 0 Å². The Balaban J connectivity index is 1.35. The Bertz CT molecular complexity index is 2880. The largest absolute Gasteiger partial charge is 0.399 e. The number of hydrogen-bond donors (Lipinski definition) is 7. The lowest BCUT2D eigenvalue weighted by molar-refractivity contribution is -0.110. The Labute approximate surface area is 317 Å². The highest BCUT2D eigenvalue weighted by molar-refractivity contribution is 7.91. The third-order valence-corrected chi connectivity index (χ3v) is 10.5. The Kier molecular flexibility index (Phi) is 10.4. The fourth-order valence-corrected chi connectivity index (χ4v) is 7.40. The van der Waals surface area contributed by atoms with Crippen LogP contribution in [0.15, 0.2) is 132 Å². The van der Waals surface area contributed by atoms with Crippen LogP contribution in [0.5, 0.6) is 0 Å². The van der Waals surface area contributed by atoms with E-state index in [9.17, 15) is 48.5 Å². The number of nitrogens with zero attached hydrogens (tertiary/aromatic N) is 4. The lowest BCUT2D eigenvalue weighted by atomic mass is 9.94. The van der Waals surface area contributed by atoms with E-state index in [4.69, 9.17) is 11.5 Å². The van der Waals surface area contributed by atoms with Crippen molar-refractivity contribution in [3.63, 3.8) is 0 Å². The topological polar surface area (TPSA) is 323 Å². The van der Waals surface area contributed by atoms with Crippen molar-refractivity contribution >= 4 is 93.5 Å². The molecule has 4 aromatic carbocycles. The number of carbonyl (C=O) groups excluding carboxylic acids is 2. The first kappa shape index (κ1) is 39.0. The number of benzene rings is 4. The Hall–Kier alpha value is -6.69. The van der Waals surface area contributed by atoms with Gasteiger partial charge in [0.1, 0.15) is 20.4 Å². The maximum Gasteiger partial charge on any atom is 0.296 e. The van der Waals surface area contributed by atoms with Gasteiger partial charge in [0.25, 0.3) is 30.4 Å². The van der Waals surface area contributed by atoms with Gasteiger partial charge in [0.05, 0.1) is 28.5 Å². The van der Waals surface area contributed by atoms with Gasteiger partial charge in [0, 0.05) is 22.4 Å². The molecule has 0 aliphatic heterocycles. The summed E-state index contributed by atoms with van der Waals surface area (Å²) >= 11 is 0. The molecular formula is C34H26N8O11S3. The van der Waals surface area contributed by atoms with E-state index in [1.54, 1.807) is 6.07 Å². The minimum Gasteiger partial charge on any atom is -0.399 e. The number of nitrogen functional groups attached to an aromatic ring is 2. The molecule has 2 aliphatic carbocycles. The molecule has 22 heteroatoms. The van der Waals surface area contributed by atoms with E-state index in [0.29, 0.717) is 11.4 Å². The van der Waals surface area contributed by atoms with Gasteiger partial charge in [0.2, 0.25) is 5.78 Å². The molecule has 4 aromatic rings. The third-order valence-electron chi connectivity index (χ3n) is 7.88. The highest BCUT2D eigenvalue weighted by Gasteiger charge is 2.33. The van der Waals surface area contributed by atoms with Gasteiger partial charge in [-0.3, -0.25) is 34.1 Å². The summed E-state index contributed by atoms with van der Waals surface area (Å²) in [5.74, 6) is -1.27. The molecule has 0 saturated carbocycles. The first-order valence-corrected chi connectivity index (χ1v) is 19.9. The van der Waals surface area contributed by atoms with Gasteiger partial charge < -0.3 is 11.5 Å². The quantitative estimate of drug-likeness (QED) is 0.0372. The zero-order valence-electron chi connectivity index (χ0n) is 28.1. The zero-order valence-corrected chi connectivity index (χ0v) is 30.5. The molecule has 0 bridgehead atoms. The van der Waals surface area contributed by atoms with Crippen molar-refractivity contribution < 1.29 is 48.5 Å². The van der Waals surface area contributed by atoms with Crippen molar-refractivity contribution in [3.8, 4) is 11.1 Å². The molecule has 0 saturated heterocycles. The number of fused-ring (bicyclic) bond motifs is 1. The molecule has 0 fully saturated rings. The first-order valence-electron chi connectivity index (χ1n) is 15.5. The second-order valence-corrected chi connectivity index (χ2v) is 15.9. The fourth-order valence-electron chi connectivity index (χ4n) is 5.28. The summed E-state index contributed by atoms with van der Waals surface area (Å²) in [7, 11) is -15.3. The number of allylic oxidation sites excluding steroid dienone is 5. The molecule has 0 radical (unpaired) electrons. The molecule has 0 atom stereocenters. The molecule has 0 unspecified atom stereocenters. The van der Waals surface area contributed by atoms with E-state index in [1.807, 2.05) is 0 Å². The summed E-state index contributed by atoms with van der Waals surface area (Å²) in [6, 6.07) is 14.9.